The van der Waals surface area contributed by atoms with Crippen LogP contribution in [-0.4, -0.2) is 47.0 Å². The van der Waals surface area contributed by atoms with Crippen LogP contribution < -0.4 is 10.1 Å². The SMILES string of the molecule is CCNC(=O)c1noc(-c2cc(Cl)c(O)cc2O)c1-c1ccc(OCCCCCC(=O)OCC)cc1. The molecular weight excluding hydrogens is 488 g/mol. The molecule has 0 spiro atoms. The fourth-order valence-electron chi connectivity index (χ4n) is 3.56. The molecule has 0 radical (unpaired) electrons. The van der Waals surface area contributed by atoms with Crippen molar-refractivity contribution < 1.29 is 33.8 Å². The Balaban J connectivity index is 1.77. The second kappa shape index (κ2) is 12.8. The van der Waals surface area contributed by atoms with Crippen molar-refractivity contribution in [3.05, 3.63) is 47.1 Å². The van der Waals surface area contributed by atoms with Gasteiger partial charge < -0.3 is 29.5 Å². The Labute approximate surface area is 214 Å². The second-order valence-corrected chi connectivity index (χ2v) is 8.31. The first kappa shape index (κ1) is 26.9. The van der Waals surface area contributed by atoms with Gasteiger partial charge in [-0.15, -0.1) is 0 Å². The number of phenolic OH excluding ortho intramolecular Hbond substituents is 2. The number of nitrogens with one attached hydrogen (secondary N) is 1. The zero-order valence-corrected chi connectivity index (χ0v) is 20.9. The molecule has 1 heterocycles. The van der Waals surface area contributed by atoms with Crippen LogP contribution in [0, 0.1) is 0 Å². The van der Waals surface area contributed by atoms with E-state index >= 15 is 0 Å². The number of hydrogen-bond acceptors (Lipinski definition) is 8. The average Bonchev–Trinajstić information content (AvgIpc) is 3.29. The zero-order chi connectivity index (χ0) is 26.1. The van der Waals surface area contributed by atoms with Crippen LogP contribution in [0.1, 0.15) is 50.0 Å². The van der Waals surface area contributed by atoms with E-state index in [2.05, 4.69) is 10.5 Å². The highest BCUT2D eigenvalue weighted by atomic mass is 35.5. The summed E-state index contributed by atoms with van der Waals surface area (Å²) in [6.07, 6.45) is 2.78. The lowest BCUT2D eigenvalue weighted by Crippen LogP contribution is -2.23. The molecule has 0 aliphatic carbocycles. The van der Waals surface area contributed by atoms with Crippen molar-refractivity contribution in [3.8, 4) is 39.7 Å². The van der Waals surface area contributed by atoms with Crippen LogP contribution in [0.2, 0.25) is 5.02 Å². The molecule has 1 amide bonds. The van der Waals surface area contributed by atoms with E-state index in [0.29, 0.717) is 43.1 Å². The van der Waals surface area contributed by atoms with E-state index in [1.807, 2.05) is 0 Å². The molecule has 10 heteroatoms. The first-order valence-electron chi connectivity index (χ1n) is 11.7. The third-order valence-electron chi connectivity index (χ3n) is 5.30. The number of amides is 1. The number of ether oxygens (including phenoxy) is 2. The van der Waals surface area contributed by atoms with Crippen LogP contribution in [0.25, 0.3) is 22.5 Å². The monoisotopic (exact) mass is 516 g/mol. The lowest BCUT2D eigenvalue weighted by atomic mass is 9.98. The highest BCUT2D eigenvalue weighted by Crippen LogP contribution is 2.43. The minimum absolute atomic E-state index is 0.00992. The number of benzene rings is 2. The lowest BCUT2D eigenvalue weighted by molar-refractivity contribution is -0.143. The van der Waals surface area contributed by atoms with Gasteiger partial charge in [0, 0.05) is 19.0 Å². The quantitative estimate of drug-likeness (QED) is 0.217. The van der Waals surface area contributed by atoms with Gasteiger partial charge in [-0.3, -0.25) is 9.59 Å². The Morgan fingerprint density at radius 2 is 1.81 bits per heavy atom. The highest BCUT2D eigenvalue weighted by molar-refractivity contribution is 6.32. The van der Waals surface area contributed by atoms with Crippen molar-refractivity contribution in [3.63, 3.8) is 0 Å². The maximum atomic E-state index is 12.6. The van der Waals surface area contributed by atoms with E-state index in [9.17, 15) is 19.8 Å². The van der Waals surface area contributed by atoms with Gasteiger partial charge in [-0.1, -0.05) is 28.9 Å². The summed E-state index contributed by atoms with van der Waals surface area (Å²) < 4.78 is 16.2. The van der Waals surface area contributed by atoms with E-state index in [0.717, 1.165) is 25.3 Å². The van der Waals surface area contributed by atoms with Gasteiger partial charge in [0.25, 0.3) is 5.91 Å². The first-order valence-corrected chi connectivity index (χ1v) is 12.1. The van der Waals surface area contributed by atoms with Gasteiger partial charge in [-0.25, -0.2) is 0 Å². The normalized spacial score (nSPS) is 10.8. The van der Waals surface area contributed by atoms with Crippen molar-refractivity contribution in [2.45, 2.75) is 39.5 Å². The Kier molecular flexibility index (Phi) is 9.58. The highest BCUT2D eigenvalue weighted by Gasteiger charge is 2.26. The van der Waals surface area contributed by atoms with Crippen molar-refractivity contribution in [1.29, 1.82) is 0 Å². The van der Waals surface area contributed by atoms with Gasteiger partial charge in [0.2, 0.25) is 0 Å². The summed E-state index contributed by atoms with van der Waals surface area (Å²) in [5.74, 6) is -0.417. The Morgan fingerprint density at radius 3 is 2.50 bits per heavy atom. The minimum atomic E-state index is -0.435. The van der Waals surface area contributed by atoms with E-state index in [4.69, 9.17) is 25.6 Å². The van der Waals surface area contributed by atoms with Gasteiger partial charge in [-0.05, 0) is 56.9 Å². The van der Waals surface area contributed by atoms with Gasteiger partial charge in [0.15, 0.2) is 11.5 Å². The van der Waals surface area contributed by atoms with Gasteiger partial charge in [-0.2, -0.15) is 0 Å². The summed E-state index contributed by atoms with van der Waals surface area (Å²) in [5.41, 5.74) is 1.20. The van der Waals surface area contributed by atoms with E-state index in [-0.39, 0.29) is 39.5 Å². The molecule has 0 saturated carbocycles. The average molecular weight is 517 g/mol. The molecular formula is C26H29ClN2O7. The van der Waals surface area contributed by atoms with E-state index in [1.54, 1.807) is 38.1 Å². The molecule has 0 aliphatic rings. The third kappa shape index (κ3) is 6.69. The largest absolute Gasteiger partial charge is 0.507 e. The number of carbonyl (C=O) groups excluding carboxylic acids is 2. The van der Waals surface area contributed by atoms with Crippen LogP contribution in [0.15, 0.2) is 40.9 Å². The summed E-state index contributed by atoms with van der Waals surface area (Å²) in [6.45, 7) is 4.85. The molecule has 0 atom stereocenters. The number of phenols is 2. The topological polar surface area (TPSA) is 131 Å². The molecule has 0 unspecified atom stereocenters. The molecule has 3 aromatic rings. The van der Waals surface area contributed by atoms with Crippen molar-refractivity contribution >= 4 is 23.5 Å². The van der Waals surface area contributed by atoms with Crippen LogP contribution in [0.3, 0.4) is 0 Å². The molecule has 36 heavy (non-hydrogen) atoms. The predicted octanol–water partition coefficient (Wildman–Crippen LogP) is 5.33. The molecule has 1 aromatic heterocycles. The number of hydrogen-bond donors (Lipinski definition) is 3. The lowest BCUT2D eigenvalue weighted by Gasteiger charge is -2.10. The number of aromatic hydroxyl groups is 2. The summed E-state index contributed by atoms with van der Waals surface area (Å²) in [6, 6.07) is 9.48. The molecule has 0 saturated heterocycles. The van der Waals surface area contributed by atoms with E-state index < -0.39 is 5.91 Å². The number of esters is 1. The van der Waals surface area contributed by atoms with Crippen molar-refractivity contribution in [2.24, 2.45) is 0 Å². The molecule has 3 N–H and O–H groups in total. The zero-order valence-electron chi connectivity index (χ0n) is 20.2. The standard InChI is InChI=1S/C26H29ClN2O7/c1-3-28-26(33)24-23(25(36-29-24)18-14-19(27)21(31)15-20(18)30)16-9-11-17(12-10-16)35-13-7-5-6-8-22(32)34-4-2/h9-12,14-15,30-31H,3-8,13H2,1-2H3,(H,28,33). The number of carbonyl (C=O) groups is 2. The summed E-state index contributed by atoms with van der Waals surface area (Å²) in [4.78, 5) is 24.0. The van der Waals surface area contributed by atoms with Crippen LogP contribution in [-0.2, 0) is 9.53 Å². The van der Waals surface area contributed by atoms with Gasteiger partial charge in [0.1, 0.15) is 17.2 Å². The van der Waals surface area contributed by atoms with Crippen molar-refractivity contribution in [1.82, 2.24) is 10.5 Å². The Hall–Kier alpha value is -3.72. The van der Waals surface area contributed by atoms with Crippen LogP contribution >= 0.6 is 11.6 Å². The summed E-state index contributed by atoms with van der Waals surface area (Å²) >= 11 is 6.04. The summed E-state index contributed by atoms with van der Waals surface area (Å²) in [5, 5.41) is 26.8. The van der Waals surface area contributed by atoms with Crippen LogP contribution in [0.5, 0.6) is 17.2 Å². The molecule has 0 aliphatic heterocycles. The second-order valence-electron chi connectivity index (χ2n) is 7.90. The Bertz CT molecular complexity index is 1190. The molecule has 192 valence electrons. The van der Waals surface area contributed by atoms with Gasteiger partial charge >= 0.3 is 5.97 Å². The molecule has 0 bridgehead atoms. The first-order chi connectivity index (χ1) is 17.3. The van der Waals surface area contributed by atoms with Gasteiger partial charge in [0.05, 0.1) is 29.4 Å². The number of unbranched alkanes of at least 4 members (excludes halogenated alkanes) is 2. The predicted molar refractivity (Wildman–Crippen MR) is 134 cm³/mol. The fourth-order valence-corrected chi connectivity index (χ4v) is 3.73. The summed E-state index contributed by atoms with van der Waals surface area (Å²) in [7, 11) is 0. The maximum absolute atomic E-state index is 12.6. The maximum Gasteiger partial charge on any atom is 0.305 e. The number of nitrogens with zero attached hydrogens (tertiary/aromatic N) is 1. The number of halogens is 1. The molecule has 3 rings (SSSR count). The number of aromatic nitrogens is 1. The van der Waals surface area contributed by atoms with E-state index in [1.165, 1.54) is 6.07 Å². The molecule has 2 aromatic carbocycles. The smallest absolute Gasteiger partial charge is 0.305 e. The minimum Gasteiger partial charge on any atom is -0.507 e. The number of rotatable bonds is 12. The molecule has 9 nitrogen and oxygen atoms in total. The van der Waals surface area contributed by atoms with Crippen molar-refractivity contribution in [2.75, 3.05) is 19.8 Å². The molecule has 0 fully saturated rings. The van der Waals surface area contributed by atoms with Crippen LogP contribution in [0.4, 0.5) is 0 Å². The fraction of sp³-hybridized carbons (Fsp3) is 0.346. The Morgan fingerprint density at radius 1 is 1.06 bits per heavy atom. The third-order valence-corrected chi connectivity index (χ3v) is 5.60.